The van der Waals surface area contributed by atoms with Crippen LogP contribution in [-0.4, -0.2) is 44.1 Å². The standard InChI is InChI=1S/C11H12BN3O/c12-9-7-14-11(10-8(9)1-2-13-10)15-3-5-16-6-4-15/h1-2,7,13H,3-6H2. The van der Waals surface area contributed by atoms with Crippen LogP contribution in [-0.2, 0) is 4.74 Å². The van der Waals surface area contributed by atoms with E-state index in [9.17, 15) is 0 Å². The van der Waals surface area contributed by atoms with Crippen LogP contribution in [0.5, 0.6) is 0 Å². The Hall–Kier alpha value is -1.49. The molecule has 2 aromatic heterocycles. The molecular weight excluding hydrogens is 201 g/mol. The molecule has 0 atom stereocenters. The first kappa shape index (κ1) is 9.72. The molecule has 0 amide bonds. The minimum Gasteiger partial charge on any atom is -0.378 e. The molecule has 3 rings (SSSR count). The van der Waals surface area contributed by atoms with Crippen LogP contribution in [0.1, 0.15) is 0 Å². The number of morpholine rings is 1. The van der Waals surface area contributed by atoms with Gasteiger partial charge in [-0.25, -0.2) is 4.98 Å². The summed E-state index contributed by atoms with van der Waals surface area (Å²) in [6, 6.07) is 1.98. The SMILES string of the molecule is [B]c1cnc(N2CCOCC2)c2[nH]ccc12. The molecule has 1 N–H and O–H groups in total. The van der Waals surface area contributed by atoms with Gasteiger partial charge in [-0.3, -0.25) is 0 Å². The molecule has 1 aliphatic heterocycles. The zero-order valence-corrected chi connectivity index (χ0v) is 8.94. The summed E-state index contributed by atoms with van der Waals surface area (Å²) in [6.07, 6.45) is 3.62. The first-order valence-corrected chi connectivity index (χ1v) is 5.40. The number of rotatable bonds is 1. The summed E-state index contributed by atoms with van der Waals surface area (Å²) in [5, 5.41) is 1.04. The molecule has 1 fully saturated rings. The van der Waals surface area contributed by atoms with Crippen molar-refractivity contribution in [3.8, 4) is 0 Å². The van der Waals surface area contributed by atoms with Crippen molar-refractivity contribution in [3.63, 3.8) is 0 Å². The van der Waals surface area contributed by atoms with Crippen LogP contribution in [0.4, 0.5) is 5.82 Å². The van der Waals surface area contributed by atoms with Crippen LogP contribution in [0.15, 0.2) is 18.5 Å². The molecule has 5 heteroatoms. The molecule has 0 bridgehead atoms. The first-order valence-electron chi connectivity index (χ1n) is 5.40. The molecule has 2 radical (unpaired) electrons. The Kier molecular flexibility index (Phi) is 2.33. The Labute approximate surface area is 95.0 Å². The molecule has 1 saturated heterocycles. The lowest BCUT2D eigenvalue weighted by Crippen LogP contribution is -2.37. The number of aromatic amines is 1. The monoisotopic (exact) mass is 213 g/mol. The van der Waals surface area contributed by atoms with E-state index in [2.05, 4.69) is 14.9 Å². The van der Waals surface area contributed by atoms with Crippen LogP contribution < -0.4 is 10.4 Å². The van der Waals surface area contributed by atoms with Gasteiger partial charge >= 0.3 is 0 Å². The number of hydrogen-bond donors (Lipinski definition) is 1. The number of fused-ring (bicyclic) bond motifs is 1. The lowest BCUT2D eigenvalue weighted by Gasteiger charge is -2.28. The summed E-state index contributed by atoms with van der Waals surface area (Å²) in [7, 11) is 5.87. The van der Waals surface area contributed by atoms with Crippen molar-refractivity contribution >= 4 is 30.0 Å². The summed E-state index contributed by atoms with van der Waals surface area (Å²) in [5.41, 5.74) is 1.73. The number of nitrogens with zero attached hydrogens (tertiary/aromatic N) is 2. The Morgan fingerprint density at radius 3 is 3.00 bits per heavy atom. The Morgan fingerprint density at radius 2 is 2.19 bits per heavy atom. The van der Waals surface area contributed by atoms with Gasteiger partial charge in [0.25, 0.3) is 0 Å². The fourth-order valence-electron chi connectivity index (χ4n) is 2.07. The highest BCUT2D eigenvalue weighted by atomic mass is 16.5. The summed E-state index contributed by atoms with van der Waals surface area (Å²) in [6.45, 7) is 3.28. The van der Waals surface area contributed by atoms with Crippen molar-refractivity contribution in [2.75, 3.05) is 31.2 Å². The summed E-state index contributed by atoms with van der Waals surface area (Å²) in [5.74, 6) is 0.970. The largest absolute Gasteiger partial charge is 0.378 e. The number of anilines is 1. The van der Waals surface area contributed by atoms with Crippen LogP contribution in [0.3, 0.4) is 0 Å². The Morgan fingerprint density at radius 1 is 1.38 bits per heavy atom. The fourth-order valence-corrected chi connectivity index (χ4v) is 2.07. The van der Waals surface area contributed by atoms with Crippen LogP contribution in [0.2, 0.25) is 0 Å². The van der Waals surface area contributed by atoms with E-state index in [-0.39, 0.29) is 0 Å². The van der Waals surface area contributed by atoms with Crippen molar-refractivity contribution in [3.05, 3.63) is 18.5 Å². The van der Waals surface area contributed by atoms with E-state index in [1.807, 2.05) is 12.3 Å². The molecule has 16 heavy (non-hydrogen) atoms. The maximum Gasteiger partial charge on any atom is 0.153 e. The normalized spacial score (nSPS) is 16.9. The van der Waals surface area contributed by atoms with Crippen molar-refractivity contribution in [1.29, 1.82) is 0 Å². The summed E-state index contributed by atoms with van der Waals surface area (Å²) >= 11 is 0. The van der Waals surface area contributed by atoms with Gasteiger partial charge in [-0.2, -0.15) is 0 Å². The van der Waals surface area contributed by atoms with Gasteiger partial charge in [0.05, 0.1) is 18.7 Å². The number of ether oxygens (including phenoxy) is 1. The molecule has 0 aliphatic carbocycles. The third kappa shape index (κ3) is 1.48. The molecule has 80 valence electrons. The summed E-state index contributed by atoms with van der Waals surface area (Å²) < 4.78 is 5.33. The molecule has 2 aromatic rings. The van der Waals surface area contributed by atoms with E-state index in [0.717, 1.165) is 43.0 Å². The van der Waals surface area contributed by atoms with Crippen molar-refractivity contribution in [2.45, 2.75) is 0 Å². The predicted octanol–water partition coefficient (Wildman–Crippen LogP) is 0.193. The highest BCUT2D eigenvalue weighted by Gasteiger charge is 2.16. The molecule has 3 heterocycles. The van der Waals surface area contributed by atoms with E-state index in [1.54, 1.807) is 6.20 Å². The Bertz CT molecular complexity index is 505. The molecular formula is C11H12BN3O. The maximum absolute atomic E-state index is 5.87. The van der Waals surface area contributed by atoms with Crippen LogP contribution in [0.25, 0.3) is 10.9 Å². The van der Waals surface area contributed by atoms with Gasteiger partial charge in [-0.15, -0.1) is 0 Å². The van der Waals surface area contributed by atoms with Gasteiger partial charge in [0.15, 0.2) is 5.82 Å². The number of hydrogen-bond acceptors (Lipinski definition) is 3. The third-order valence-corrected chi connectivity index (χ3v) is 2.92. The number of H-pyrrole nitrogens is 1. The van der Waals surface area contributed by atoms with Gasteiger partial charge in [-0.1, -0.05) is 5.46 Å². The van der Waals surface area contributed by atoms with Crippen LogP contribution >= 0.6 is 0 Å². The van der Waals surface area contributed by atoms with E-state index in [0.29, 0.717) is 5.46 Å². The highest BCUT2D eigenvalue weighted by molar-refractivity contribution is 6.38. The highest BCUT2D eigenvalue weighted by Crippen LogP contribution is 2.21. The second-order valence-electron chi connectivity index (χ2n) is 3.90. The number of pyridine rings is 1. The topological polar surface area (TPSA) is 41.2 Å². The average molecular weight is 213 g/mol. The third-order valence-electron chi connectivity index (χ3n) is 2.92. The van der Waals surface area contributed by atoms with Crippen molar-refractivity contribution in [2.24, 2.45) is 0 Å². The lowest BCUT2D eigenvalue weighted by atomic mass is 9.95. The van der Waals surface area contributed by atoms with E-state index in [4.69, 9.17) is 12.6 Å². The average Bonchev–Trinajstić information content (AvgIpc) is 2.81. The number of nitrogens with one attached hydrogen (secondary N) is 1. The quantitative estimate of drug-likeness (QED) is 0.687. The zero-order valence-electron chi connectivity index (χ0n) is 8.94. The second-order valence-corrected chi connectivity index (χ2v) is 3.90. The van der Waals surface area contributed by atoms with E-state index < -0.39 is 0 Å². The van der Waals surface area contributed by atoms with Gasteiger partial charge < -0.3 is 14.6 Å². The van der Waals surface area contributed by atoms with Crippen LogP contribution in [0, 0.1) is 0 Å². The van der Waals surface area contributed by atoms with Crippen molar-refractivity contribution < 1.29 is 4.74 Å². The minimum absolute atomic E-state index is 0.716. The molecule has 0 saturated carbocycles. The van der Waals surface area contributed by atoms with E-state index >= 15 is 0 Å². The molecule has 0 unspecified atom stereocenters. The molecule has 0 spiro atoms. The maximum atomic E-state index is 5.87. The van der Waals surface area contributed by atoms with Gasteiger partial charge in [0, 0.05) is 25.5 Å². The molecule has 1 aliphatic rings. The molecule has 4 nitrogen and oxygen atoms in total. The fraction of sp³-hybridized carbons (Fsp3) is 0.364. The molecule has 0 aromatic carbocycles. The number of aromatic nitrogens is 2. The zero-order chi connectivity index (χ0) is 11.0. The smallest absolute Gasteiger partial charge is 0.153 e. The van der Waals surface area contributed by atoms with Gasteiger partial charge in [0.2, 0.25) is 0 Å². The van der Waals surface area contributed by atoms with Gasteiger partial charge in [0.1, 0.15) is 7.85 Å². The Balaban J connectivity index is 2.08. The lowest BCUT2D eigenvalue weighted by molar-refractivity contribution is 0.122. The second kappa shape index (κ2) is 3.83. The minimum atomic E-state index is 0.716. The predicted molar refractivity (Wildman–Crippen MR) is 64.5 cm³/mol. The van der Waals surface area contributed by atoms with E-state index in [1.165, 1.54) is 0 Å². The van der Waals surface area contributed by atoms with Crippen molar-refractivity contribution in [1.82, 2.24) is 9.97 Å². The first-order chi connectivity index (χ1) is 7.86. The van der Waals surface area contributed by atoms with Gasteiger partial charge in [-0.05, 0) is 11.5 Å². The summed E-state index contributed by atoms with van der Waals surface area (Å²) in [4.78, 5) is 9.84.